The Morgan fingerprint density at radius 1 is 0.569 bits per heavy atom. The van der Waals surface area contributed by atoms with Crippen LogP contribution in [0.5, 0.6) is 0 Å². The molecule has 8 nitrogen and oxygen atoms in total. The molecule has 0 aliphatic rings. The molecule has 1 rings (SSSR count). The van der Waals surface area contributed by atoms with Crippen LogP contribution in [0.15, 0.2) is 12.4 Å². The van der Waals surface area contributed by atoms with E-state index in [1.54, 1.807) is 6.20 Å². The first-order valence-corrected chi connectivity index (χ1v) is 20.9. The SMILES string of the molecule is Cc1nccn1CCCC(=O)OC(CCCCCCCC(=O)OCCC(C)CCC(C)C)CCCCCCCC(=O)OCCC(C)CCC(C)C. The lowest BCUT2D eigenvalue weighted by molar-refractivity contribution is -0.150. The average molecular weight is 719 g/mol. The molecule has 0 bridgehead atoms. The van der Waals surface area contributed by atoms with Crippen LogP contribution >= 0.6 is 0 Å². The molecule has 0 saturated carbocycles. The summed E-state index contributed by atoms with van der Waals surface area (Å²) in [5, 5.41) is 0. The molecule has 2 unspecified atom stereocenters. The smallest absolute Gasteiger partial charge is 0.306 e. The molecule has 8 heteroatoms. The third-order valence-corrected chi connectivity index (χ3v) is 10.0. The highest BCUT2D eigenvalue weighted by atomic mass is 16.5. The molecule has 296 valence electrons. The summed E-state index contributed by atoms with van der Waals surface area (Å²) in [5.41, 5.74) is 0. The van der Waals surface area contributed by atoms with Gasteiger partial charge in [-0.3, -0.25) is 14.4 Å². The average Bonchev–Trinajstić information content (AvgIpc) is 3.49. The summed E-state index contributed by atoms with van der Waals surface area (Å²) in [6.45, 7) is 17.3. The lowest BCUT2D eigenvalue weighted by Gasteiger charge is -2.18. The molecule has 51 heavy (non-hydrogen) atoms. The van der Waals surface area contributed by atoms with Gasteiger partial charge < -0.3 is 18.8 Å². The van der Waals surface area contributed by atoms with Crippen LogP contribution in [0.1, 0.15) is 189 Å². The van der Waals surface area contributed by atoms with E-state index in [0.717, 1.165) is 121 Å². The molecule has 1 aromatic heterocycles. The Balaban J connectivity index is 2.27. The second kappa shape index (κ2) is 30.1. The molecule has 0 spiro atoms. The monoisotopic (exact) mass is 719 g/mol. The lowest BCUT2D eigenvalue weighted by Crippen LogP contribution is -2.19. The second-order valence-corrected chi connectivity index (χ2v) is 16.2. The van der Waals surface area contributed by atoms with Gasteiger partial charge in [0.25, 0.3) is 0 Å². The van der Waals surface area contributed by atoms with E-state index in [1.165, 1.54) is 25.7 Å². The summed E-state index contributed by atoms with van der Waals surface area (Å²) in [5.74, 6) is 3.34. The lowest BCUT2D eigenvalue weighted by atomic mass is 9.97. The van der Waals surface area contributed by atoms with Gasteiger partial charge in [-0.25, -0.2) is 4.98 Å². The van der Waals surface area contributed by atoms with Crippen molar-refractivity contribution in [1.82, 2.24) is 9.55 Å². The van der Waals surface area contributed by atoms with Crippen molar-refractivity contribution in [3.8, 4) is 0 Å². The number of imidazole rings is 1. The summed E-state index contributed by atoms with van der Waals surface area (Å²) in [6, 6.07) is 0. The van der Waals surface area contributed by atoms with Crippen LogP contribution in [0, 0.1) is 30.6 Å². The molecule has 0 aliphatic carbocycles. The van der Waals surface area contributed by atoms with Crippen LogP contribution in [-0.4, -0.2) is 46.8 Å². The third-order valence-electron chi connectivity index (χ3n) is 10.0. The fourth-order valence-electron chi connectivity index (χ4n) is 6.30. The number of rotatable bonds is 33. The first-order valence-electron chi connectivity index (χ1n) is 20.9. The number of unbranched alkanes of at least 4 members (excludes halogenated alkanes) is 8. The van der Waals surface area contributed by atoms with Gasteiger partial charge in [-0.05, 0) is 88.4 Å². The van der Waals surface area contributed by atoms with Crippen molar-refractivity contribution in [2.45, 2.75) is 202 Å². The number of aryl methyl sites for hydroxylation is 2. The molecule has 0 radical (unpaired) electrons. The molecule has 1 heterocycles. The maximum Gasteiger partial charge on any atom is 0.306 e. The highest BCUT2D eigenvalue weighted by Gasteiger charge is 2.15. The Hall–Kier alpha value is -2.38. The number of aromatic nitrogens is 2. The highest BCUT2D eigenvalue weighted by molar-refractivity contribution is 5.70. The number of carbonyl (C=O) groups is 3. The molecule has 0 amide bonds. The minimum atomic E-state index is -0.113. The van der Waals surface area contributed by atoms with Crippen LogP contribution in [0.4, 0.5) is 0 Å². The molecular weight excluding hydrogens is 640 g/mol. The van der Waals surface area contributed by atoms with Crippen molar-refractivity contribution < 1.29 is 28.6 Å². The molecular formula is C43H78N2O6. The minimum Gasteiger partial charge on any atom is -0.466 e. The van der Waals surface area contributed by atoms with Gasteiger partial charge in [0.15, 0.2) is 0 Å². The molecule has 0 fully saturated rings. The number of ether oxygens (including phenoxy) is 3. The Morgan fingerprint density at radius 2 is 1.02 bits per heavy atom. The van der Waals surface area contributed by atoms with E-state index in [2.05, 4.69) is 51.1 Å². The van der Waals surface area contributed by atoms with E-state index < -0.39 is 0 Å². The van der Waals surface area contributed by atoms with Crippen LogP contribution in [-0.2, 0) is 35.1 Å². The Morgan fingerprint density at radius 3 is 1.47 bits per heavy atom. The maximum atomic E-state index is 12.8. The largest absolute Gasteiger partial charge is 0.466 e. The van der Waals surface area contributed by atoms with Crippen molar-refractivity contribution in [3.05, 3.63) is 18.2 Å². The first-order chi connectivity index (χ1) is 24.5. The Labute approximate surface area is 312 Å². The second-order valence-electron chi connectivity index (χ2n) is 16.2. The summed E-state index contributed by atoms with van der Waals surface area (Å²) in [4.78, 5) is 41.3. The number of nitrogens with zero attached hydrogens (tertiary/aromatic N) is 2. The zero-order valence-electron chi connectivity index (χ0n) is 34.1. The van der Waals surface area contributed by atoms with E-state index in [0.29, 0.717) is 44.3 Å². The Bertz CT molecular complexity index is 972. The number of carbonyl (C=O) groups excluding carboxylic acids is 3. The van der Waals surface area contributed by atoms with E-state index in [1.807, 2.05) is 13.1 Å². The summed E-state index contributed by atoms with van der Waals surface area (Å²) < 4.78 is 19.0. The summed E-state index contributed by atoms with van der Waals surface area (Å²) in [7, 11) is 0. The summed E-state index contributed by atoms with van der Waals surface area (Å²) in [6.07, 6.45) is 24.4. The first kappa shape index (κ1) is 46.6. The standard InChI is InChI=1S/C43H78N2O6/c1-35(2)24-26-37(5)28-33-49-41(46)21-16-12-8-10-14-19-40(51-43(48)23-18-31-45-32-30-44-39(45)7)20-15-11-9-13-17-22-42(47)50-34-29-38(6)27-25-36(3)4/h30,32,35-38,40H,8-29,31,33-34H2,1-7H3. The molecule has 0 aliphatic heterocycles. The number of hydrogen-bond acceptors (Lipinski definition) is 7. The van der Waals surface area contributed by atoms with E-state index >= 15 is 0 Å². The molecule has 0 aromatic carbocycles. The van der Waals surface area contributed by atoms with Crippen LogP contribution in [0.2, 0.25) is 0 Å². The molecule has 0 N–H and O–H groups in total. The maximum absolute atomic E-state index is 12.8. The van der Waals surface area contributed by atoms with Crippen molar-refractivity contribution in [2.75, 3.05) is 13.2 Å². The zero-order valence-corrected chi connectivity index (χ0v) is 34.1. The fraction of sp³-hybridized carbons (Fsp3) is 0.860. The van der Waals surface area contributed by atoms with Crippen molar-refractivity contribution >= 4 is 17.9 Å². The third kappa shape index (κ3) is 27.9. The molecule has 1 aromatic rings. The predicted octanol–water partition coefficient (Wildman–Crippen LogP) is 11.4. The van der Waals surface area contributed by atoms with Crippen molar-refractivity contribution in [1.29, 1.82) is 0 Å². The molecule has 2 atom stereocenters. The summed E-state index contributed by atoms with van der Waals surface area (Å²) >= 11 is 0. The van der Waals surface area contributed by atoms with Gasteiger partial charge in [-0.1, -0.05) is 106 Å². The molecule has 0 saturated heterocycles. The minimum absolute atomic E-state index is 0.0525. The van der Waals surface area contributed by atoms with Gasteiger partial charge in [-0.2, -0.15) is 0 Å². The van der Waals surface area contributed by atoms with Crippen LogP contribution in [0.25, 0.3) is 0 Å². The van der Waals surface area contributed by atoms with Gasteiger partial charge >= 0.3 is 17.9 Å². The van der Waals surface area contributed by atoms with Gasteiger partial charge in [0, 0.05) is 38.2 Å². The van der Waals surface area contributed by atoms with Gasteiger partial charge in [0.2, 0.25) is 0 Å². The van der Waals surface area contributed by atoms with Crippen molar-refractivity contribution in [2.24, 2.45) is 23.7 Å². The van der Waals surface area contributed by atoms with E-state index in [4.69, 9.17) is 14.2 Å². The number of esters is 3. The van der Waals surface area contributed by atoms with Crippen molar-refractivity contribution in [3.63, 3.8) is 0 Å². The topological polar surface area (TPSA) is 96.7 Å². The van der Waals surface area contributed by atoms with E-state index in [9.17, 15) is 14.4 Å². The fourth-order valence-corrected chi connectivity index (χ4v) is 6.30. The zero-order chi connectivity index (χ0) is 37.7. The van der Waals surface area contributed by atoms with E-state index in [-0.39, 0.29) is 24.0 Å². The normalized spacial score (nSPS) is 13.4. The van der Waals surface area contributed by atoms with Crippen LogP contribution < -0.4 is 0 Å². The van der Waals surface area contributed by atoms with Crippen LogP contribution in [0.3, 0.4) is 0 Å². The predicted molar refractivity (Wildman–Crippen MR) is 208 cm³/mol. The highest BCUT2D eigenvalue weighted by Crippen LogP contribution is 2.19. The van der Waals surface area contributed by atoms with Gasteiger partial charge in [-0.15, -0.1) is 0 Å². The van der Waals surface area contributed by atoms with Gasteiger partial charge in [0.05, 0.1) is 13.2 Å². The number of hydrogen-bond donors (Lipinski definition) is 0. The van der Waals surface area contributed by atoms with Gasteiger partial charge in [0.1, 0.15) is 11.9 Å². The Kier molecular flexibility index (Phi) is 27.5. The quantitative estimate of drug-likeness (QED) is 0.0405.